The number of nitrogens with zero attached hydrogens (tertiary/aromatic N) is 3. The fourth-order valence-electron chi connectivity index (χ4n) is 2.68. The third-order valence-electron chi connectivity index (χ3n) is 3.73. The van der Waals surface area contributed by atoms with Gasteiger partial charge in [-0.15, -0.1) is 0 Å². The summed E-state index contributed by atoms with van der Waals surface area (Å²) in [5.74, 6) is -0.310. The van der Waals surface area contributed by atoms with Crippen LogP contribution in [0.2, 0.25) is 0 Å². The fraction of sp³-hybridized carbons (Fsp3) is 0.600. The lowest BCUT2D eigenvalue weighted by molar-refractivity contribution is 0.0815. The molecule has 1 aliphatic heterocycles. The molecule has 8 heteroatoms. The van der Waals surface area contributed by atoms with Gasteiger partial charge in [-0.2, -0.15) is 4.31 Å². The highest BCUT2D eigenvalue weighted by Crippen LogP contribution is 2.23. The number of methoxy groups -OCH3 is 1. The molecule has 23 heavy (non-hydrogen) atoms. The molecule has 0 saturated carbocycles. The van der Waals surface area contributed by atoms with Crippen molar-refractivity contribution in [2.45, 2.75) is 38.5 Å². The minimum absolute atomic E-state index is 0.0257. The summed E-state index contributed by atoms with van der Waals surface area (Å²) in [6, 6.07) is 4.52. The molecule has 0 spiro atoms. The molecular weight excluding hydrogens is 318 g/mol. The van der Waals surface area contributed by atoms with Gasteiger partial charge in [0.15, 0.2) is 0 Å². The van der Waals surface area contributed by atoms with Gasteiger partial charge in [0.1, 0.15) is 11.5 Å². The molecule has 2 heterocycles. The molecule has 0 aliphatic carbocycles. The van der Waals surface area contributed by atoms with Crippen LogP contribution in [-0.4, -0.2) is 61.3 Å². The topological polar surface area (TPSA) is 81.0 Å². The first-order valence-corrected chi connectivity index (χ1v) is 9.34. The highest BCUT2D eigenvalue weighted by molar-refractivity contribution is 7.88. The number of pyridine rings is 1. The van der Waals surface area contributed by atoms with Gasteiger partial charge in [0.2, 0.25) is 10.0 Å². The molecule has 0 radical (unpaired) electrons. The van der Waals surface area contributed by atoms with E-state index in [4.69, 9.17) is 4.74 Å². The molecule has 0 aromatic carbocycles. The van der Waals surface area contributed by atoms with Crippen LogP contribution in [0.4, 0.5) is 0 Å². The average molecular weight is 341 g/mol. The second-order valence-electron chi connectivity index (χ2n) is 5.93. The maximum absolute atomic E-state index is 12.9. The first kappa shape index (κ1) is 17.8. The van der Waals surface area contributed by atoms with Gasteiger partial charge in [0, 0.05) is 32.3 Å². The fourth-order valence-corrected chi connectivity index (χ4v) is 3.76. The van der Waals surface area contributed by atoms with E-state index in [1.165, 1.54) is 16.0 Å². The van der Waals surface area contributed by atoms with Crippen LogP contribution in [0.15, 0.2) is 29.4 Å². The van der Waals surface area contributed by atoms with Crippen LogP contribution in [0.3, 0.4) is 0 Å². The predicted molar refractivity (Wildman–Crippen MR) is 86.5 cm³/mol. The molecular formula is C15H23N3O4S. The first-order chi connectivity index (χ1) is 10.7. The maximum Gasteiger partial charge on any atom is 0.250 e. The number of rotatable bonds is 4. The average Bonchev–Trinajstić information content (AvgIpc) is 2.91. The van der Waals surface area contributed by atoms with Gasteiger partial charge in [0.25, 0.3) is 5.91 Å². The van der Waals surface area contributed by atoms with Crippen molar-refractivity contribution < 1.29 is 17.9 Å². The van der Waals surface area contributed by atoms with E-state index in [9.17, 15) is 13.2 Å². The summed E-state index contributed by atoms with van der Waals surface area (Å²) in [4.78, 5) is 17.3. The van der Waals surface area contributed by atoms with Crippen LogP contribution in [-0.2, 0) is 14.8 Å². The van der Waals surface area contributed by atoms with Crippen molar-refractivity contribution in [2.24, 2.45) is 4.99 Å². The van der Waals surface area contributed by atoms with Crippen molar-refractivity contribution in [3.8, 4) is 0 Å². The normalized spacial score (nSPS) is 23.6. The quantitative estimate of drug-likeness (QED) is 0.798. The van der Waals surface area contributed by atoms with E-state index in [2.05, 4.69) is 4.99 Å². The maximum atomic E-state index is 12.9. The monoisotopic (exact) mass is 341 g/mol. The highest BCUT2D eigenvalue weighted by atomic mass is 32.2. The van der Waals surface area contributed by atoms with E-state index in [0.717, 1.165) is 6.26 Å². The highest BCUT2D eigenvalue weighted by Gasteiger charge is 2.42. The standard InChI is InChI=1S/C15H23N3O4S/c1-11(2)16-14-7-5-6-8-17(14)15(19)13-9-12(22-3)10-18(13)23(4,20)21/h5-8,11-13H,9-10H2,1-4H3/t12-,13+/m0/s1. The largest absolute Gasteiger partial charge is 0.380 e. The molecule has 1 aromatic heterocycles. The Morgan fingerprint density at radius 3 is 2.65 bits per heavy atom. The number of sulfonamides is 1. The molecule has 0 unspecified atom stereocenters. The van der Waals surface area contributed by atoms with Crippen molar-refractivity contribution in [3.63, 3.8) is 0 Å². The number of carbonyl (C=O) groups is 1. The Morgan fingerprint density at radius 2 is 2.09 bits per heavy atom. The van der Waals surface area contributed by atoms with Crippen LogP contribution in [0, 0.1) is 0 Å². The summed E-state index contributed by atoms with van der Waals surface area (Å²) < 4.78 is 31.9. The Labute approximate surface area is 136 Å². The van der Waals surface area contributed by atoms with Crippen molar-refractivity contribution in [1.82, 2.24) is 8.87 Å². The molecule has 1 aliphatic rings. The Morgan fingerprint density at radius 1 is 1.39 bits per heavy atom. The van der Waals surface area contributed by atoms with Gasteiger partial charge in [-0.05, 0) is 26.0 Å². The van der Waals surface area contributed by atoms with Crippen LogP contribution >= 0.6 is 0 Å². The molecule has 7 nitrogen and oxygen atoms in total. The van der Waals surface area contributed by atoms with Gasteiger partial charge in [0.05, 0.1) is 12.4 Å². The molecule has 1 saturated heterocycles. The van der Waals surface area contributed by atoms with Crippen molar-refractivity contribution in [1.29, 1.82) is 0 Å². The van der Waals surface area contributed by atoms with E-state index >= 15 is 0 Å². The molecule has 1 fully saturated rings. The van der Waals surface area contributed by atoms with Crippen molar-refractivity contribution in [3.05, 3.63) is 29.9 Å². The summed E-state index contributed by atoms with van der Waals surface area (Å²) in [5.41, 5.74) is 0.516. The van der Waals surface area contributed by atoms with E-state index in [1.807, 2.05) is 13.8 Å². The van der Waals surface area contributed by atoms with E-state index in [-0.39, 0.29) is 24.6 Å². The molecule has 1 aromatic rings. The molecule has 0 amide bonds. The molecule has 128 valence electrons. The molecule has 0 bridgehead atoms. The van der Waals surface area contributed by atoms with Crippen LogP contribution in [0.1, 0.15) is 25.1 Å². The number of hydrogen-bond donors (Lipinski definition) is 0. The van der Waals surface area contributed by atoms with E-state index < -0.39 is 16.1 Å². The molecule has 2 atom stereocenters. The summed E-state index contributed by atoms with van der Waals surface area (Å²) in [5, 5.41) is 0. The van der Waals surface area contributed by atoms with Crippen LogP contribution in [0.25, 0.3) is 0 Å². The predicted octanol–water partition coefficient (Wildman–Crippen LogP) is 0.486. The number of aromatic nitrogens is 1. The number of ether oxygens (including phenoxy) is 1. The Balaban J connectivity index is 2.44. The van der Waals surface area contributed by atoms with Crippen LogP contribution < -0.4 is 5.49 Å². The lowest BCUT2D eigenvalue weighted by Crippen LogP contribution is -2.44. The summed E-state index contributed by atoms with van der Waals surface area (Å²) in [6.07, 6.45) is 2.78. The number of carbonyl (C=O) groups excluding carboxylic acids is 1. The van der Waals surface area contributed by atoms with Gasteiger partial charge < -0.3 is 4.74 Å². The Bertz CT molecular complexity index is 739. The Kier molecular flexibility index (Phi) is 5.38. The van der Waals surface area contributed by atoms with Gasteiger partial charge in [-0.25, -0.2) is 8.42 Å². The second-order valence-corrected chi connectivity index (χ2v) is 7.87. The van der Waals surface area contributed by atoms with Gasteiger partial charge in [-0.3, -0.25) is 14.4 Å². The second kappa shape index (κ2) is 6.94. The third kappa shape index (κ3) is 4.07. The SMILES string of the molecule is CO[C@H]1C[C@H](C(=O)n2ccccc2=NC(C)C)N(S(C)(=O)=O)C1. The van der Waals surface area contributed by atoms with E-state index in [1.54, 1.807) is 24.4 Å². The first-order valence-electron chi connectivity index (χ1n) is 7.49. The lowest BCUT2D eigenvalue weighted by atomic mass is 10.2. The minimum Gasteiger partial charge on any atom is -0.380 e. The smallest absolute Gasteiger partial charge is 0.250 e. The molecule has 0 N–H and O–H groups in total. The zero-order chi connectivity index (χ0) is 17.2. The van der Waals surface area contributed by atoms with E-state index in [0.29, 0.717) is 11.9 Å². The van der Waals surface area contributed by atoms with Gasteiger partial charge >= 0.3 is 0 Å². The van der Waals surface area contributed by atoms with Gasteiger partial charge in [-0.1, -0.05) is 6.07 Å². The number of hydrogen-bond acceptors (Lipinski definition) is 5. The van der Waals surface area contributed by atoms with Crippen molar-refractivity contribution in [2.75, 3.05) is 19.9 Å². The van der Waals surface area contributed by atoms with Crippen LogP contribution in [0.5, 0.6) is 0 Å². The molecule has 2 rings (SSSR count). The Hall–Kier alpha value is -1.51. The summed E-state index contributed by atoms with van der Waals surface area (Å²) in [7, 11) is -1.97. The minimum atomic E-state index is -3.50. The summed E-state index contributed by atoms with van der Waals surface area (Å²) in [6.45, 7) is 4.03. The summed E-state index contributed by atoms with van der Waals surface area (Å²) >= 11 is 0. The lowest BCUT2D eigenvalue weighted by Gasteiger charge is -2.21. The zero-order valence-electron chi connectivity index (χ0n) is 13.8. The van der Waals surface area contributed by atoms with Crippen molar-refractivity contribution >= 4 is 15.9 Å². The third-order valence-corrected chi connectivity index (χ3v) is 4.98. The zero-order valence-corrected chi connectivity index (χ0v) is 14.7.